The summed E-state index contributed by atoms with van der Waals surface area (Å²) in [6.45, 7) is 10.1. The van der Waals surface area contributed by atoms with E-state index in [-0.39, 0.29) is 5.60 Å². The van der Waals surface area contributed by atoms with E-state index in [2.05, 4.69) is 41.6 Å². The Bertz CT molecular complexity index is 208. The number of hydrogen-bond donors (Lipinski definition) is 0. The lowest BCUT2D eigenvalue weighted by atomic mass is 10.0. The fraction of sp³-hybridized carbons (Fsp3) is 1.00. The molecule has 1 aliphatic rings. The number of alkyl halides is 1. The number of rotatable bonds is 7. The summed E-state index contributed by atoms with van der Waals surface area (Å²) in [5.74, 6) is 0. The van der Waals surface area contributed by atoms with E-state index in [0.29, 0.717) is 6.10 Å². The summed E-state index contributed by atoms with van der Waals surface area (Å²) in [7, 11) is 0. The van der Waals surface area contributed by atoms with Crippen LogP contribution in [0.1, 0.15) is 52.9 Å². The fourth-order valence-corrected chi connectivity index (χ4v) is 2.94. The summed E-state index contributed by atoms with van der Waals surface area (Å²) in [6, 6.07) is 0. The molecule has 0 aromatic heterocycles. The van der Waals surface area contributed by atoms with Gasteiger partial charge in [-0.3, -0.25) is 4.90 Å². The Kier molecular flexibility index (Phi) is 7.05. The lowest BCUT2D eigenvalue weighted by Crippen LogP contribution is -2.53. The Labute approximate surface area is 115 Å². The van der Waals surface area contributed by atoms with Crippen LogP contribution < -0.4 is 0 Å². The van der Waals surface area contributed by atoms with Crippen LogP contribution in [0.2, 0.25) is 0 Å². The van der Waals surface area contributed by atoms with Gasteiger partial charge in [0.15, 0.2) is 0 Å². The molecular weight excluding hydrogens is 278 g/mol. The van der Waals surface area contributed by atoms with E-state index in [1.165, 1.54) is 38.6 Å². The molecule has 0 aliphatic carbocycles. The average molecular weight is 306 g/mol. The Morgan fingerprint density at radius 1 is 1.24 bits per heavy atom. The van der Waals surface area contributed by atoms with Crippen LogP contribution in [0.15, 0.2) is 0 Å². The van der Waals surface area contributed by atoms with Crippen LogP contribution in [0, 0.1) is 0 Å². The highest BCUT2D eigenvalue weighted by Gasteiger charge is 2.32. The first-order valence-electron chi connectivity index (χ1n) is 7.03. The van der Waals surface area contributed by atoms with Gasteiger partial charge in [0.25, 0.3) is 0 Å². The van der Waals surface area contributed by atoms with Crippen LogP contribution >= 0.6 is 15.9 Å². The first-order chi connectivity index (χ1) is 8.07. The van der Waals surface area contributed by atoms with Crippen molar-refractivity contribution in [1.82, 2.24) is 4.90 Å². The molecule has 0 bridgehead atoms. The largest absolute Gasteiger partial charge is 0.369 e. The molecule has 3 heteroatoms. The summed E-state index contributed by atoms with van der Waals surface area (Å²) in [4.78, 5) is 2.57. The molecule has 1 rings (SSSR count). The van der Waals surface area contributed by atoms with Gasteiger partial charge in [-0.05, 0) is 26.8 Å². The molecule has 1 fully saturated rings. The van der Waals surface area contributed by atoms with Crippen molar-refractivity contribution in [2.75, 3.05) is 25.0 Å². The Morgan fingerprint density at radius 2 is 1.94 bits per heavy atom. The normalized spacial score (nSPS) is 25.1. The number of halogens is 1. The third-order valence-corrected chi connectivity index (χ3v) is 4.02. The molecule has 0 spiro atoms. The highest BCUT2D eigenvalue weighted by molar-refractivity contribution is 9.09. The maximum Gasteiger partial charge on any atom is 0.0806 e. The molecule has 1 atom stereocenters. The Hall–Kier alpha value is 0.400. The van der Waals surface area contributed by atoms with Gasteiger partial charge in [0, 0.05) is 18.4 Å². The Balaban J connectivity index is 2.23. The van der Waals surface area contributed by atoms with E-state index in [0.717, 1.165) is 18.4 Å². The average Bonchev–Trinajstić information content (AvgIpc) is 2.26. The number of morpholine rings is 1. The first-order valence-corrected chi connectivity index (χ1v) is 8.15. The van der Waals surface area contributed by atoms with Crippen LogP contribution in [0.5, 0.6) is 0 Å². The maximum atomic E-state index is 6.01. The van der Waals surface area contributed by atoms with Crippen LogP contribution in [0.3, 0.4) is 0 Å². The van der Waals surface area contributed by atoms with Crippen molar-refractivity contribution in [3.63, 3.8) is 0 Å². The van der Waals surface area contributed by atoms with Crippen LogP contribution in [-0.4, -0.2) is 41.6 Å². The molecule has 1 saturated heterocycles. The standard InChI is InChI=1S/C14H28BrNO/c1-4-5-6-7-8-9-16-11-13(10-15)17-14(2,3)12-16/h13H,4-12H2,1-3H3. The number of unbranched alkanes of at least 4 members (excludes halogenated alkanes) is 4. The van der Waals surface area contributed by atoms with Gasteiger partial charge in [-0.1, -0.05) is 48.5 Å². The molecule has 0 N–H and O–H groups in total. The fourth-order valence-electron chi connectivity index (χ4n) is 2.61. The zero-order valence-corrected chi connectivity index (χ0v) is 13.3. The predicted octanol–water partition coefficient (Wildman–Crippen LogP) is 3.83. The number of nitrogens with zero attached hydrogens (tertiary/aromatic N) is 1. The lowest BCUT2D eigenvalue weighted by molar-refractivity contribution is -0.126. The molecule has 0 aromatic rings. The van der Waals surface area contributed by atoms with Crippen LogP contribution in [-0.2, 0) is 4.74 Å². The van der Waals surface area contributed by atoms with Gasteiger partial charge in [-0.15, -0.1) is 0 Å². The number of ether oxygens (including phenoxy) is 1. The molecule has 1 aliphatic heterocycles. The molecule has 0 aromatic carbocycles. The zero-order valence-electron chi connectivity index (χ0n) is 11.7. The second kappa shape index (κ2) is 7.75. The lowest BCUT2D eigenvalue weighted by Gasteiger charge is -2.42. The second-order valence-corrected chi connectivity index (χ2v) is 6.45. The number of hydrogen-bond acceptors (Lipinski definition) is 2. The first kappa shape index (κ1) is 15.5. The quantitative estimate of drug-likeness (QED) is 0.523. The van der Waals surface area contributed by atoms with E-state index in [1.54, 1.807) is 0 Å². The van der Waals surface area contributed by atoms with Crippen molar-refractivity contribution in [3.05, 3.63) is 0 Å². The van der Waals surface area contributed by atoms with Gasteiger partial charge in [0.05, 0.1) is 11.7 Å². The maximum absolute atomic E-state index is 6.01. The van der Waals surface area contributed by atoms with E-state index >= 15 is 0 Å². The summed E-state index contributed by atoms with van der Waals surface area (Å²) < 4.78 is 6.01. The summed E-state index contributed by atoms with van der Waals surface area (Å²) in [5, 5.41) is 0.947. The predicted molar refractivity (Wildman–Crippen MR) is 77.9 cm³/mol. The Morgan fingerprint density at radius 3 is 2.59 bits per heavy atom. The minimum Gasteiger partial charge on any atom is -0.369 e. The molecule has 0 saturated carbocycles. The van der Waals surface area contributed by atoms with Crippen molar-refractivity contribution in [2.24, 2.45) is 0 Å². The van der Waals surface area contributed by atoms with Gasteiger partial charge in [-0.25, -0.2) is 0 Å². The third-order valence-electron chi connectivity index (χ3n) is 3.30. The summed E-state index contributed by atoms with van der Waals surface area (Å²) in [6.07, 6.45) is 7.19. The van der Waals surface area contributed by atoms with E-state index in [4.69, 9.17) is 4.74 Å². The highest BCUT2D eigenvalue weighted by atomic mass is 79.9. The smallest absolute Gasteiger partial charge is 0.0806 e. The van der Waals surface area contributed by atoms with Crippen molar-refractivity contribution in [2.45, 2.75) is 64.6 Å². The third kappa shape index (κ3) is 6.21. The SMILES string of the molecule is CCCCCCCN1CC(CBr)OC(C)(C)C1. The van der Waals surface area contributed by atoms with Crippen molar-refractivity contribution >= 4 is 15.9 Å². The van der Waals surface area contributed by atoms with Gasteiger partial charge in [0.2, 0.25) is 0 Å². The molecule has 1 heterocycles. The zero-order chi connectivity index (χ0) is 12.7. The van der Waals surface area contributed by atoms with Crippen molar-refractivity contribution < 1.29 is 4.74 Å². The van der Waals surface area contributed by atoms with Crippen molar-refractivity contribution in [1.29, 1.82) is 0 Å². The van der Waals surface area contributed by atoms with Gasteiger partial charge in [0.1, 0.15) is 0 Å². The second-order valence-electron chi connectivity index (χ2n) is 5.80. The minimum absolute atomic E-state index is 0.0140. The van der Waals surface area contributed by atoms with E-state index < -0.39 is 0 Å². The van der Waals surface area contributed by atoms with E-state index in [1.807, 2.05) is 0 Å². The summed E-state index contributed by atoms with van der Waals surface area (Å²) in [5.41, 5.74) is 0.0140. The monoisotopic (exact) mass is 305 g/mol. The molecular formula is C14H28BrNO. The van der Waals surface area contributed by atoms with Gasteiger partial charge < -0.3 is 4.74 Å². The molecule has 2 nitrogen and oxygen atoms in total. The highest BCUT2D eigenvalue weighted by Crippen LogP contribution is 2.22. The molecule has 102 valence electrons. The summed E-state index contributed by atoms with van der Waals surface area (Å²) >= 11 is 3.54. The molecule has 0 amide bonds. The van der Waals surface area contributed by atoms with Crippen LogP contribution in [0.4, 0.5) is 0 Å². The van der Waals surface area contributed by atoms with Crippen LogP contribution in [0.25, 0.3) is 0 Å². The van der Waals surface area contributed by atoms with Gasteiger partial charge >= 0.3 is 0 Å². The minimum atomic E-state index is 0.0140. The molecule has 0 radical (unpaired) electrons. The van der Waals surface area contributed by atoms with Gasteiger partial charge in [-0.2, -0.15) is 0 Å². The van der Waals surface area contributed by atoms with Crippen molar-refractivity contribution in [3.8, 4) is 0 Å². The van der Waals surface area contributed by atoms with E-state index in [9.17, 15) is 0 Å². The molecule has 17 heavy (non-hydrogen) atoms. The molecule has 1 unspecified atom stereocenters. The topological polar surface area (TPSA) is 12.5 Å².